The number of hydrogen-bond acceptors (Lipinski definition) is 4. The normalized spacial score (nSPS) is 19.9. The van der Waals surface area contributed by atoms with Gasteiger partial charge in [-0.1, -0.05) is 271 Å². The van der Waals surface area contributed by atoms with Crippen molar-refractivity contribution in [3.63, 3.8) is 0 Å². The molecule has 0 fully saturated rings. The van der Waals surface area contributed by atoms with Crippen molar-refractivity contribution in [3.05, 3.63) is 378 Å². The Hall–Kier alpha value is -11.7. The first kappa shape index (κ1) is 70.5. The fourth-order valence-corrected chi connectivity index (χ4v) is 25.5. The lowest BCUT2D eigenvalue weighted by molar-refractivity contribution is 0.550. The van der Waals surface area contributed by atoms with Gasteiger partial charge in [-0.05, 0) is 289 Å². The van der Waals surface area contributed by atoms with Crippen LogP contribution in [0, 0.1) is 0 Å². The minimum absolute atomic E-state index is 0.136. The van der Waals surface area contributed by atoms with Gasteiger partial charge in [0.1, 0.15) is 0 Å². The summed E-state index contributed by atoms with van der Waals surface area (Å²) in [6.45, 7) is 47.0. The molecule has 4 aliphatic carbocycles. The second kappa shape index (κ2) is 22.2. The van der Waals surface area contributed by atoms with Crippen molar-refractivity contribution in [2.75, 3.05) is 19.6 Å². The summed E-state index contributed by atoms with van der Waals surface area (Å²) < 4.78 is 0. The molecule has 0 radical (unpaired) electrons. The van der Waals surface area contributed by atoms with Gasteiger partial charge in [-0.2, -0.15) is 0 Å². The largest absolute Gasteiger partial charge is 0.310 e. The van der Waals surface area contributed by atoms with Gasteiger partial charge >= 0.3 is 0 Å². The number of hydrogen-bond donors (Lipinski definition) is 0. The summed E-state index contributed by atoms with van der Waals surface area (Å²) in [6.07, 6.45) is 0.814. The van der Waals surface area contributed by atoms with Crippen molar-refractivity contribution in [2.45, 2.75) is 192 Å². The molecule has 10 aliphatic rings. The third kappa shape index (κ3) is 8.43. The molecule has 14 aromatic carbocycles. The third-order valence-corrected chi connectivity index (χ3v) is 32.1. The highest BCUT2D eigenvalue weighted by Crippen LogP contribution is 2.69. The molecule has 0 spiro atoms. The molecule has 4 heteroatoms. The van der Waals surface area contributed by atoms with Crippen molar-refractivity contribution in [1.29, 1.82) is 0 Å². The second-order valence-electron chi connectivity index (χ2n) is 41.5. The van der Waals surface area contributed by atoms with E-state index in [-0.39, 0.29) is 48.7 Å². The van der Waals surface area contributed by atoms with E-state index in [0.29, 0.717) is 0 Å². The van der Waals surface area contributed by atoms with Crippen LogP contribution in [0.5, 0.6) is 0 Å². The number of benzene rings is 14. The van der Waals surface area contributed by atoms with E-state index in [1.165, 1.54) is 230 Å². The Morgan fingerprint density at radius 2 is 0.407 bits per heavy atom. The van der Waals surface area contributed by atoms with Crippen LogP contribution in [0.2, 0.25) is 0 Å². The van der Waals surface area contributed by atoms with Crippen molar-refractivity contribution in [3.8, 4) is 44.5 Å². The lowest BCUT2D eigenvalue weighted by atomic mass is 9.63. The molecular formula is C114H102N4. The van der Waals surface area contributed by atoms with Gasteiger partial charge in [0.25, 0.3) is 0 Å². The predicted molar refractivity (Wildman–Crippen MR) is 493 cm³/mol. The van der Waals surface area contributed by atoms with E-state index in [1.54, 1.807) is 0 Å². The SMILES string of the molecule is CC1(C)c2cc3c(cc2-c2cc4c(cc21)N(c1ccccc1)c1ccccc1C4(C)C)C(C)(C)c1cc2c(cc1-3)C(C)(C)c1ccccc1N2c1cccc(CC2(C)c3ccccc3N3c4cc5c(cc4C(C)(C)c4cccc2c43)-c2cc3c(cc2C5(C)C)-c2cc4c(cc2C3(C)C)N2c3ccccc3C(C)(C)c3cccc(c32)C4(C)C)c1. The van der Waals surface area contributed by atoms with Gasteiger partial charge < -0.3 is 19.6 Å². The number of anilines is 12. The summed E-state index contributed by atoms with van der Waals surface area (Å²) in [5.41, 5.74) is 52.6. The monoisotopic (exact) mass is 1530 g/mol. The zero-order valence-electron chi connectivity index (χ0n) is 71.8. The molecule has 0 amide bonds. The maximum Gasteiger partial charge on any atom is 0.0543 e. The van der Waals surface area contributed by atoms with Gasteiger partial charge in [0.15, 0.2) is 0 Å². The van der Waals surface area contributed by atoms with Gasteiger partial charge in [-0.25, -0.2) is 0 Å². The van der Waals surface area contributed by atoms with Crippen LogP contribution in [0.15, 0.2) is 261 Å². The first-order valence-electron chi connectivity index (χ1n) is 43.3. The molecule has 4 nitrogen and oxygen atoms in total. The van der Waals surface area contributed by atoms with E-state index in [9.17, 15) is 0 Å². The van der Waals surface area contributed by atoms with Gasteiger partial charge in [-0.15, -0.1) is 0 Å². The Balaban J connectivity index is 0.590. The molecule has 1 unspecified atom stereocenters. The van der Waals surface area contributed by atoms with Crippen LogP contribution >= 0.6 is 0 Å². The summed E-state index contributed by atoms with van der Waals surface area (Å²) in [6, 6.07) is 103. The van der Waals surface area contributed by atoms with Gasteiger partial charge in [0, 0.05) is 65.5 Å². The van der Waals surface area contributed by atoms with E-state index in [4.69, 9.17) is 0 Å². The van der Waals surface area contributed by atoms with Crippen LogP contribution in [-0.4, -0.2) is 0 Å². The molecule has 578 valence electrons. The fraction of sp³-hybridized carbons (Fsp3) is 0.263. The molecule has 6 aliphatic heterocycles. The summed E-state index contributed by atoms with van der Waals surface area (Å²) in [5.74, 6) is 0. The Labute approximate surface area is 697 Å². The highest BCUT2D eigenvalue weighted by molar-refractivity contribution is 6.02. The third-order valence-electron chi connectivity index (χ3n) is 32.1. The smallest absolute Gasteiger partial charge is 0.0543 e. The molecule has 6 heterocycles. The lowest BCUT2D eigenvalue weighted by Gasteiger charge is -2.50. The molecule has 118 heavy (non-hydrogen) atoms. The van der Waals surface area contributed by atoms with E-state index in [1.807, 2.05) is 0 Å². The van der Waals surface area contributed by atoms with E-state index in [0.717, 1.165) is 6.42 Å². The van der Waals surface area contributed by atoms with Crippen molar-refractivity contribution >= 4 is 68.2 Å². The second-order valence-corrected chi connectivity index (χ2v) is 41.5. The van der Waals surface area contributed by atoms with Crippen LogP contribution in [0.4, 0.5) is 68.2 Å². The lowest BCUT2D eigenvalue weighted by Crippen LogP contribution is -2.40. The molecule has 1 atom stereocenters. The first-order valence-corrected chi connectivity index (χ1v) is 43.3. The molecule has 14 aromatic rings. The minimum Gasteiger partial charge on any atom is -0.310 e. The zero-order chi connectivity index (χ0) is 81.1. The summed E-state index contributed by atoms with van der Waals surface area (Å²) in [5, 5.41) is 0. The van der Waals surface area contributed by atoms with E-state index in [2.05, 4.69) is 412 Å². The fourth-order valence-electron chi connectivity index (χ4n) is 25.5. The van der Waals surface area contributed by atoms with Crippen LogP contribution < -0.4 is 19.6 Å². The van der Waals surface area contributed by atoms with Crippen LogP contribution in [-0.2, 0) is 60.6 Å². The number of fused-ring (bicyclic) bond motifs is 24. The van der Waals surface area contributed by atoms with Crippen LogP contribution in [0.3, 0.4) is 0 Å². The Morgan fingerprint density at radius 1 is 0.169 bits per heavy atom. The average molecular weight is 1530 g/mol. The quantitative estimate of drug-likeness (QED) is 0.174. The van der Waals surface area contributed by atoms with Crippen LogP contribution in [0.1, 0.15) is 248 Å². The standard InChI is InChI=1S/C114H102N4/c1-105(2)77-40-25-29-48-97(77)117-101-61-89-73(57-93(101)108(7,8)80-43-32-42-79(105)103(80)117)69-53-86-70(54-85(69)112(89,15)16)74-58-94-102(62-90(74)113(86,17)18)118-98-49-30-26-41-78(98)114(19,82-45-33-44-81(104(82)118)109(94,9)10)63-64-34-31-37-66(50-64)116-96-47-28-24-39-76(96)107(5,6)92-56-72-68-52-83-67(51-84(68)111(13,14)88(72)60-100(92)116)71-55-91-99(59-87(71)110(83,11)12)115(65-35-21-20-22-36-65)95-46-27-23-38-75(95)106(91,3)4/h20-62H,63H2,1-19H3. The van der Waals surface area contributed by atoms with Gasteiger partial charge in [-0.3, -0.25) is 0 Å². The summed E-state index contributed by atoms with van der Waals surface area (Å²) in [4.78, 5) is 10.5. The van der Waals surface area contributed by atoms with Crippen molar-refractivity contribution in [1.82, 2.24) is 0 Å². The van der Waals surface area contributed by atoms with Gasteiger partial charge in [0.2, 0.25) is 0 Å². The maximum absolute atomic E-state index is 2.70. The molecule has 0 aromatic heterocycles. The highest BCUT2D eigenvalue weighted by atomic mass is 15.2. The van der Waals surface area contributed by atoms with Crippen molar-refractivity contribution < 1.29 is 0 Å². The summed E-state index contributed by atoms with van der Waals surface area (Å²) in [7, 11) is 0. The minimum atomic E-state index is -0.397. The van der Waals surface area contributed by atoms with Crippen molar-refractivity contribution in [2.24, 2.45) is 0 Å². The highest BCUT2D eigenvalue weighted by Gasteiger charge is 2.54. The number of rotatable bonds is 4. The number of nitrogens with zero attached hydrogens (tertiary/aromatic N) is 4. The number of para-hydroxylation sites is 7. The zero-order valence-corrected chi connectivity index (χ0v) is 71.8. The Bertz CT molecular complexity index is 6980. The van der Waals surface area contributed by atoms with E-state index >= 15 is 0 Å². The molecular weight excluding hydrogens is 1430 g/mol. The molecule has 0 saturated carbocycles. The summed E-state index contributed by atoms with van der Waals surface area (Å²) >= 11 is 0. The first-order chi connectivity index (χ1) is 56.2. The van der Waals surface area contributed by atoms with Crippen LogP contribution in [0.25, 0.3) is 44.5 Å². The molecule has 24 rings (SSSR count). The topological polar surface area (TPSA) is 13.0 Å². The average Bonchev–Trinajstić information content (AvgIpc) is 0.876. The Morgan fingerprint density at radius 3 is 0.788 bits per heavy atom. The predicted octanol–water partition coefficient (Wildman–Crippen LogP) is 29.8. The maximum atomic E-state index is 2.70. The molecule has 0 saturated heterocycles. The molecule has 0 N–H and O–H groups in total. The molecule has 0 bridgehead atoms. The van der Waals surface area contributed by atoms with E-state index < -0.39 is 5.41 Å². The van der Waals surface area contributed by atoms with Gasteiger partial charge in [0.05, 0.1) is 56.9 Å². The Kier molecular flexibility index (Phi) is 13.2.